The first kappa shape index (κ1) is 17.9. The minimum Gasteiger partial charge on any atom is -0.341 e. The normalized spacial score (nSPS) is 22.0. The summed E-state index contributed by atoms with van der Waals surface area (Å²) in [6, 6.07) is 6.49. The maximum Gasteiger partial charge on any atom is 0.232 e. The predicted molar refractivity (Wildman–Crippen MR) is 85.0 cm³/mol. The van der Waals surface area contributed by atoms with Crippen LogP contribution in [0.25, 0.3) is 0 Å². The van der Waals surface area contributed by atoms with Gasteiger partial charge in [-0.1, -0.05) is 25.1 Å². The zero-order valence-corrected chi connectivity index (χ0v) is 13.7. The molecule has 1 amide bonds. The molecule has 2 rings (SSSR count). The second-order valence-corrected chi connectivity index (χ2v) is 6.60. The Bertz CT molecular complexity index is 521. The Labute approximate surface area is 132 Å². The van der Waals surface area contributed by atoms with E-state index in [0.717, 1.165) is 6.42 Å². The van der Waals surface area contributed by atoms with Crippen molar-refractivity contribution in [1.29, 1.82) is 0 Å². The van der Waals surface area contributed by atoms with Gasteiger partial charge in [0.05, 0.1) is 5.41 Å². The van der Waals surface area contributed by atoms with Gasteiger partial charge < -0.3 is 10.6 Å². The Morgan fingerprint density at radius 1 is 1.43 bits per heavy atom. The smallest absolute Gasteiger partial charge is 0.232 e. The maximum atomic E-state index is 14.0. The van der Waals surface area contributed by atoms with Crippen molar-refractivity contribution in [2.45, 2.75) is 32.6 Å². The first-order valence-electron chi connectivity index (χ1n) is 7.05. The molecule has 1 heterocycles. The maximum absolute atomic E-state index is 14.0. The van der Waals surface area contributed by atoms with Gasteiger partial charge in [0.15, 0.2) is 0 Å². The topological polar surface area (TPSA) is 46.3 Å². The molecule has 21 heavy (non-hydrogen) atoms. The molecule has 1 fully saturated rings. The fourth-order valence-electron chi connectivity index (χ4n) is 2.84. The number of rotatable bonds is 3. The Morgan fingerprint density at radius 2 is 2.05 bits per heavy atom. The monoisotopic (exact) mass is 314 g/mol. The summed E-state index contributed by atoms with van der Waals surface area (Å²) in [6.45, 7) is 7.58. The summed E-state index contributed by atoms with van der Waals surface area (Å²) in [5, 5.41) is 0. The third-order valence-electron chi connectivity index (χ3n) is 4.42. The summed E-state index contributed by atoms with van der Waals surface area (Å²) >= 11 is 0. The van der Waals surface area contributed by atoms with Crippen LogP contribution in [-0.4, -0.2) is 30.4 Å². The van der Waals surface area contributed by atoms with Crippen molar-refractivity contribution in [1.82, 2.24) is 4.90 Å². The van der Waals surface area contributed by atoms with Gasteiger partial charge in [0.1, 0.15) is 5.82 Å². The van der Waals surface area contributed by atoms with Gasteiger partial charge in [-0.2, -0.15) is 0 Å². The predicted octanol–water partition coefficient (Wildman–Crippen LogP) is 2.72. The fourth-order valence-corrected chi connectivity index (χ4v) is 2.84. The van der Waals surface area contributed by atoms with Gasteiger partial charge in [-0.25, -0.2) is 4.39 Å². The van der Waals surface area contributed by atoms with E-state index in [1.165, 1.54) is 6.07 Å². The highest BCUT2D eigenvalue weighted by Gasteiger charge is 2.41. The largest absolute Gasteiger partial charge is 0.341 e. The number of carbonyl (C=O) groups is 1. The van der Waals surface area contributed by atoms with Crippen LogP contribution in [0.1, 0.15) is 32.8 Å². The van der Waals surface area contributed by atoms with Crippen molar-refractivity contribution in [2.75, 3.05) is 19.6 Å². The average molecular weight is 315 g/mol. The number of likely N-dealkylation sites (tertiary alicyclic amines) is 1. The second kappa shape index (κ2) is 6.32. The van der Waals surface area contributed by atoms with Crippen molar-refractivity contribution in [2.24, 2.45) is 11.1 Å². The Balaban J connectivity index is 0.00000220. The summed E-state index contributed by atoms with van der Waals surface area (Å²) in [7, 11) is 0. The van der Waals surface area contributed by atoms with Crippen molar-refractivity contribution in [3.8, 4) is 0 Å². The van der Waals surface area contributed by atoms with Crippen molar-refractivity contribution in [3.63, 3.8) is 0 Å². The number of carbonyl (C=O) groups excluding carboxylic acids is 1. The summed E-state index contributed by atoms with van der Waals surface area (Å²) in [4.78, 5) is 14.6. The molecule has 0 bridgehead atoms. The molecule has 1 aliphatic rings. The highest BCUT2D eigenvalue weighted by molar-refractivity contribution is 5.87. The van der Waals surface area contributed by atoms with Crippen LogP contribution in [0.5, 0.6) is 0 Å². The molecule has 1 unspecified atom stereocenters. The average Bonchev–Trinajstić information content (AvgIpc) is 2.81. The summed E-state index contributed by atoms with van der Waals surface area (Å²) in [5.41, 5.74) is 5.36. The van der Waals surface area contributed by atoms with Gasteiger partial charge in [-0.05, 0) is 38.3 Å². The van der Waals surface area contributed by atoms with E-state index in [9.17, 15) is 9.18 Å². The lowest BCUT2D eigenvalue weighted by Gasteiger charge is -2.31. The molecule has 1 aliphatic heterocycles. The van der Waals surface area contributed by atoms with E-state index in [1.807, 2.05) is 4.90 Å². The number of hydrogen-bond acceptors (Lipinski definition) is 2. The van der Waals surface area contributed by atoms with Crippen molar-refractivity contribution >= 4 is 18.3 Å². The van der Waals surface area contributed by atoms with Crippen LogP contribution in [0.15, 0.2) is 24.3 Å². The van der Waals surface area contributed by atoms with Crippen LogP contribution in [0.3, 0.4) is 0 Å². The SMILES string of the molecule is CC1(CN)CCN(C(=O)C(C)(C)c2ccccc2F)C1.Cl. The number of nitrogens with two attached hydrogens (primary N) is 1. The van der Waals surface area contributed by atoms with E-state index >= 15 is 0 Å². The minimum atomic E-state index is -0.856. The number of hydrogen-bond donors (Lipinski definition) is 1. The van der Waals surface area contributed by atoms with E-state index in [0.29, 0.717) is 25.2 Å². The first-order chi connectivity index (χ1) is 9.30. The van der Waals surface area contributed by atoms with Crippen LogP contribution < -0.4 is 5.73 Å². The van der Waals surface area contributed by atoms with E-state index in [-0.39, 0.29) is 29.5 Å². The van der Waals surface area contributed by atoms with Crippen LogP contribution in [-0.2, 0) is 10.2 Å². The molecule has 0 aliphatic carbocycles. The van der Waals surface area contributed by atoms with E-state index in [2.05, 4.69) is 6.92 Å². The molecular weight excluding hydrogens is 291 g/mol. The van der Waals surface area contributed by atoms with Gasteiger partial charge in [-0.3, -0.25) is 4.79 Å². The van der Waals surface area contributed by atoms with Gasteiger partial charge in [-0.15, -0.1) is 12.4 Å². The molecule has 5 heteroatoms. The molecule has 0 radical (unpaired) electrons. The van der Waals surface area contributed by atoms with E-state index in [4.69, 9.17) is 5.73 Å². The molecule has 1 aromatic carbocycles. The van der Waals surface area contributed by atoms with Gasteiger partial charge in [0.25, 0.3) is 0 Å². The third kappa shape index (κ3) is 3.38. The van der Waals surface area contributed by atoms with Crippen LogP contribution in [0.4, 0.5) is 4.39 Å². The Hall–Kier alpha value is -1.13. The van der Waals surface area contributed by atoms with E-state index < -0.39 is 5.41 Å². The Kier molecular flexibility index (Phi) is 5.40. The lowest BCUT2D eigenvalue weighted by Crippen LogP contribution is -2.44. The quantitative estimate of drug-likeness (QED) is 0.932. The lowest BCUT2D eigenvalue weighted by molar-refractivity contribution is -0.135. The molecule has 1 saturated heterocycles. The standard InChI is InChI=1S/C16H23FN2O.ClH/c1-15(2,12-6-4-5-7-13(12)17)14(20)19-9-8-16(3,10-18)11-19;/h4-7H,8-11,18H2,1-3H3;1H. The highest BCUT2D eigenvalue weighted by Crippen LogP contribution is 2.34. The van der Waals surface area contributed by atoms with Crippen molar-refractivity contribution < 1.29 is 9.18 Å². The molecule has 1 atom stereocenters. The highest BCUT2D eigenvalue weighted by atomic mass is 35.5. The fraction of sp³-hybridized carbons (Fsp3) is 0.562. The number of nitrogens with zero attached hydrogens (tertiary/aromatic N) is 1. The van der Waals surface area contributed by atoms with Crippen LogP contribution >= 0.6 is 12.4 Å². The molecule has 0 spiro atoms. The first-order valence-corrected chi connectivity index (χ1v) is 7.05. The number of amides is 1. The van der Waals surface area contributed by atoms with E-state index in [1.54, 1.807) is 32.0 Å². The summed E-state index contributed by atoms with van der Waals surface area (Å²) in [5.74, 6) is -0.355. The molecular formula is C16H24ClFN2O. The molecule has 1 aromatic rings. The molecule has 0 saturated carbocycles. The zero-order chi connectivity index (χ0) is 15.0. The lowest BCUT2D eigenvalue weighted by atomic mass is 9.82. The number of benzene rings is 1. The zero-order valence-electron chi connectivity index (χ0n) is 12.9. The molecule has 2 N–H and O–H groups in total. The van der Waals surface area contributed by atoms with Gasteiger partial charge >= 0.3 is 0 Å². The molecule has 0 aromatic heterocycles. The molecule has 118 valence electrons. The van der Waals surface area contributed by atoms with Gasteiger partial charge in [0, 0.05) is 18.7 Å². The molecule has 3 nitrogen and oxygen atoms in total. The second-order valence-electron chi connectivity index (χ2n) is 6.60. The van der Waals surface area contributed by atoms with Crippen LogP contribution in [0, 0.1) is 11.2 Å². The third-order valence-corrected chi connectivity index (χ3v) is 4.42. The summed E-state index contributed by atoms with van der Waals surface area (Å²) < 4.78 is 14.0. The van der Waals surface area contributed by atoms with Crippen molar-refractivity contribution in [3.05, 3.63) is 35.6 Å². The summed E-state index contributed by atoms with van der Waals surface area (Å²) in [6.07, 6.45) is 0.905. The Morgan fingerprint density at radius 3 is 2.57 bits per heavy atom. The van der Waals surface area contributed by atoms with Crippen LogP contribution in [0.2, 0.25) is 0 Å². The minimum absolute atomic E-state index is 0. The number of halogens is 2. The van der Waals surface area contributed by atoms with Gasteiger partial charge in [0.2, 0.25) is 5.91 Å².